The number of hydrogen-bond donors (Lipinski definition) is 1. The molecule has 170 valence electrons. The number of nitrogens with zero attached hydrogens (tertiary/aromatic N) is 1. The van der Waals surface area contributed by atoms with Gasteiger partial charge in [0.2, 0.25) is 0 Å². The Balaban J connectivity index is 1.42. The maximum Gasteiger partial charge on any atom is 0.341 e. The second-order valence-corrected chi connectivity index (χ2v) is 8.52. The molecule has 3 aromatic carbocycles. The highest BCUT2D eigenvalue weighted by Gasteiger charge is 2.23. The third-order valence-corrected chi connectivity index (χ3v) is 6.00. The van der Waals surface area contributed by atoms with Gasteiger partial charge in [-0.2, -0.15) is 0 Å². The van der Waals surface area contributed by atoms with E-state index in [1.165, 1.54) is 5.56 Å². The molecule has 1 unspecified atom stereocenters. The van der Waals surface area contributed by atoms with Gasteiger partial charge in [-0.3, -0.25) is 0 Å². The van der Waals surface area contributed by atoms with Crippen LogP contribution in [0.1, 0.15) is 48.1 Å². The second-order valence-electron chi connectivity index (χ2n) is 8.52. The van der Waals surface area contributed by atoms with Gasteiger partial charge in [0.25, 0.3) is 0 Å². The molecule has 0 aliphatic heterocycles. The first kappa shape index (κ1) is 22.6. The molecule has 1 aliphatic rings. The normalized spacial score (nSPS) is 15.7. The predicted octanol–water partition coefficient (Wildman–Crippen LogP) is 5.83. The minimum atomic E-state index is -0.961. The van der Waals surface area contributed by atoms with Crippen molar-refractivity contribution in [3.8, 4) is 5.75 Å². The van der Waals surface area contributed by atoms with Crippen molar-refractivity contribution < 1.29 is 19.5 Å². The van der Waals surface area contributed by atoms with E-state index in [4.69, 9.17) is 14.7 Å². The summed E-state index contributed by atoms with van der Waals surface area (Å²) in [6, 6.07) is 26.2. The number of carbonyl (C=O) groups is 1. The van der Waals surface area contributed by atoms with Gasteiger partial charge in [0.1, 0.15) is 5.75 Å². The molecule has 3 aromatic rings. The average Bonchev–Trinajstić information content (AvgIpc) is 2.84. The van der Waals surface area contributed by atoms with Gasteiger partial charge in [0, 0.05) is 0 Å². The zero-order valence-corrected chi connectivity index (χ0v) is 18.8. The van der Waals surface area contributed by atoms with E-state index in [0.717, 1.165) is 48.1 Å². The Hall–Kier alpha value is -3.60. The summed E-state index contributed by atoms with van der Waals surface area (Å²) in [5, 5.41) is 13.4. The number of ether oxygens (including phenoxy) is 1. The summed E-state index contributed by atoms with van der Waals surface area (Å²) in [7, 11) is 0. The van der Waals surface area contributed by atoms with E-state index in [2.05, 4.69) is 35.5 Å². The van der Waals surface area contributed by atoms with Gasteiger partial charge in [-0.25, -0.2) is 4.79 Å². The molecule has 0 fully saturated rings. The summed E-state index contributed by atoms with van der Waals surface area (Å²) in [6.45, 7) is 1.71. The molecule has 1 atom stereocenters. The van der Waals surface area contributed by atoms with Gasteiger partial charge in [-0.1, -0.05) is 78.0 Å². The third kappa shape index (κ3) is 6.01. The third-order valence-electron chi connectivity index (χ3n) is 6.00. The van der Waals surface area contributed by atoms with Crippen molar-refractivity contribution in [2.24, 2.45) is 11.1 Å². The number of hydrogen-bond acceptors (Lipinski definition) is 4. The number of fused-ring (bicyclic) bond motifs is 1. The highest BCUT2D eigenvalue weighted by molar-refractivity contribution is 5.81. The Morgan fingerprint density at radius 3 is 2.30 bits per heavy atom. The van der Waals surface area contributed by atoms with Crippen molar-refractivity contribution in [2.75, 3.05) is 6.61 Å². The average molecular weight is 444 g/mol. The van der Waals surface area contributed by atoms with Crippen molar-refractivity contribution in [3.05, 3.63) is 101 Å². The summed E-state index contributed by atoms with van der Waals surface area (Å²) in [4.78, 5) is 16.9. The molecule has 33 heavy (non-hydrogen) atoms. The van der Waals surface area contributed by atoms with Crippen LogP contribution in [0.4, 0.5) is 0 Å². The molecule has 5 nitrogen and oxygen atoms in total. The minimum absolute atomic E-state index is 0.247. The molecule has 0 saturated heterocycles. The summed E-state index contributed by atoms with van der Waals surface area (Å²) in [5.41, 5.74) is 5.48. The largest absolute Gasteiger partial charge is 0.482 e. The Labute approximate surface area is 194 Å². The maximum atomic E-state index is 10.9. The summed E-state index contributed by atoms with van der Waals surface area (Å²) < 4.78 is 5.49. The number of carboxylic acid groups (broad SMARTS) is 1. The van der Waals surface area contributed by atoms with Gasteiger partial charge in [-0.05, 0) is 66.8 Å². The number of oxime groups is 1. The first-order valence-electron chi connectivity index (χ1n) is 11.3. The van der Waals surface area contributed by atoms with Gasteiger partial charge in [0.05, 0.1) is 5.71 Å². The van der Waals surface area contributed by atoms with Crippen LogP contribution in [0.15, 0.2) is 84.0 Å². The minimum Gasteiger partial charge on any atom is -0.482 e. The predicted molar refractivity (Wildman–Crippen MR) is 129 cm³/mol. The van der Waals surface area contributed by atoms with Crippen molar-refractivity contribution in [1.29, 1.82) is 0 Å². The summed E-state index contributed by atoms with van der Waals surface area (Å²) >= 11 is 0. The van der Waals surface area contributed by atoms with Crippen LogP contribution in [0.2, 0.25) is 0 Å². The SMILES string of the molecule is C/C(CC1CCc2c(cccc2OCC(=O)O)C1)=N/OC(c1ccccc1)c1ccccc1. The number of aliphatic carboxylic acids is 1. The van der Waals surface area contributed by atoms with E-state index < -0.39 is 5.97 Å². The molecular weight excluding hydrogens is 414 g/mol. The smallest absolute Gasteiger partial charge is 0.341 e. The Morgan fingerprint density at radius 2 is 1.67 bits per heavy atom. The maximum absolute atomic E-state index is 10.9. The Kier molecular flexibility index (Phi) is 7.40. The van der Waals surface area contributed by atoms with E-state index in [9.17, 15) is 4.79 Å². The van der Waals surface area contributed by atoms with Crippen LogP contribution in [0.5, 0.6) is 5.75 Å². The molecule has 0 heterocycles. The monoisotopic (exact) mass is 443 g/mol. The zero-order valence-electron chi connectivity index (χ0n) is 18.8. The molecule has 4 rings (SSSR count). The first-order chi connectivity index (χ1) is 16.1. The highest BCUT2D eigenvalue weighted by atomic mass is 16.6. The molecule has 0 aromatic heterocycles. The number of rotatable bonds is 9. The molecular formula is C28H29NO4. The van der Waals surface area contributed by atoms with Crippen molar-refractivity contribution in [3.63, 3.8) is 0 Å². The first-order valence-corrected chi connectivity index (χ1v) is 11.3. The van der Waals surface area contributed by atoms with E-state index in [0.29, 0.717) is 11.7 Å². The lowest BCUT2D eigenvalue weighted by Crippen LogP contribution is -2.19. The Morgan fingerprint density at radius 1 is 1.00 bits per heavy atom. The van der Waals surface area contributed by atoms with Crippen molar-refractivity contribution >= 4 is 11.7 Å². The molecule has 1 aliphatic carbocycles. The lowest BCUT2D eigenvalue weighted by Gasteiger charge is -2.26. The number of benzene rings is 3. The van der Waals surface area contributed by atoms with Gasteiger partial charge < -0.3 is 14.7 Å². The van der Waals surface area contributed by atoms with Crippen molar-refractivity contribution in [1.82, 2.24) is 0 Å². The lowest BCUT2D eigenvalue weighted by molar-refractivity contribution is -0.139. The molecule has 0 saturated carbocycles. The van der Waals surface area contributed by atoms with E-state index >= 15 is 0 Å². The van der Waals surface area contributed by atoms with E-state index in [1.807, 2.05) is 55.5 Å². The summed E-state index contributed by atoms with van der Waals surface area (Å²) in [6.07, 6.45) is 3.42. The fourth-order valence-corrected chi connectivity index (χ4v) is 4.46. The molecule has 0 spiro atoms. The van der Waals surface area contributed by atoms with Crippen LogP contribution >= 0.6 is 0 Å². The fourth-order valence-electron chi connectivity index (χ4n) is 4.46. The van der Waals surface area contributed by atoms with Gasteiger partial charge >= 0.3 is 5.97 Å². The van der Waals surface area contributed by atoms with Crippen LogP contribution in [-0.2, 0) is 22.5 Å². The quantitative estimate of drug-likeness (QED) is 0.334. The zero-order chi connectivity index (χ0) is 23.0. The van der Waals surface area contributed by atoms with Gasteiger partial charge in [0.15, 0.2) is 12.7 Å². The van der Waals surface area contributed by atoms with Crippen LogP contribution in [0.25, 0.3) is 0 Å². The number of carboxylic acids is 1. The highest BCUT2D eigenvalue weighted by Crippen LogP contribution is 2.34. The van der Waals surface area contributed by atoms with Crippen molar-refractivity contribution in [2.45, 2.75) is 38.7 Å². The Bertz CT molecular complexity index is 1060. The van der Waals surface area contributed by atoms with Crippen LogP contribution < -0.4 is 4.74 Å². The van der Waals surface area contributed by atoms with E-state index in [-0.39, 0.29) is 12.7 Å². The van der Waals surface area contributed by atoms with Crippen LogP contribution in [-0.4, -0.2) is 23.4 Å². The molecule has 5 heteroatoms. The topological polar surface area (TPSA) is 68.1 Å². The molecule has 0 bridgehead atoms. The standard InChI is InChI=1S/C28H29NO4/c1-20(29-33-28(22-9-4-2-5-10-22)23-11-6-3-7-12-23)17-21-15-16-25-24(18-21)13-8-14-26(25)32-19-27(30)31/h2-14,21,28H,15-19H2,1H3,(H,30,31)/b29-20-. The van der Waals surface area contributed by atoms with E-state index in [1.54, 1.807) is 0 Å². The summed E-state index contributed by atoms with van der Waals surface area (Å²) in [5.74, 6) is 0.194. The van der Waals surface area contributed by atoms with Crippen LogP contribution in [0, 0.1) is 5.92 Å². The van der Waals surface area contributed by atoms with Crippen LogP contribution in [0.3, 0.4) is 0 Å². The second kappa shape index (κ2) is 10.8. The fraction of sp³-hybridized carbons (Fsp3) is 0.286. The lowest BCUT2D eigenvalue weighted by atomic mass is 9.81. The molecule has 0 amide bonds. The molecule has 1 N–H and O–H groups in total. The van der Waals surface area contributed by atoms with Gasteiger partial charge in [-0.15, -0.1) is 0 Å². The molecule has 0 radical (unpaired) electrons.